The van der Waals surface area contributed by atoms with Crippen LogP contribution in [0.1, 0.15) is 279 Å². The Balaban J connectivity index is 4.45. The Morgan fingerprint density at radius 3 is 0.673 bits per heavy atom. The zero-order chi connectivity index (χ0) is 35.8. The Kier molecular flexibility index (Phi) is 41.6. The molecule has 0 saturated heterocycles. The fraction of sp³-hybridized carbons (Fsp3) is 1.00. The van der Waals surface area contributed by atoms with Crippen LogP contribution in [0.3, 0.4) is 0 Å². The van der Waals surface area contributed by atoms with Gasteiger partial charge in [-0.2, -0.15) is 0 Å². The van der Waals surface area contributed by atoms with Crippen molar-refractivity contribution in [1.29, 1.82) is 0 Å². The van der Waals surface area contributed by atoms with Crippen LogP contribution in [0, 0.1) is 5.92 Å². The van der Waals surface area contributed by atoms with Crippen molar-refractivity contribution in [2.24, 2.45) is 5.92 Å². The molecule has 0 aromatic heterocycles. The minimum Gasteiger partial charge on any atom is -0.0654 e. The van der Waals surface area contributed by atoms with Gasteiger partial charge in [0.1, 0.15) is 0 Å². The predicted octanol–water partition coefficient (Wildman–Crippen LogP) is 18.5. The Morgan fingerprint density at radius 1 is 0.245 bits per heavy atom. The number of hydrogen-bond acceptors (Lipinski definition) is 0. The van der Waals surface area contributed by atoms with Gasteiger partial charge in [0, 0.05) is 7.26 Å². The van der Waals surface area contributed by atoms with Crippen LogP contribution in [0.5, 0.6) is 0 Å². The van der Waals surface area contributed by atoms with E-state index in [1.807, 2.05) is 0 Å². The highest BCUT2D eigenvalue weighted by molar-refractivity contribution is 7.75. The molecule has 0 aliphatic rings. The van der Waals surface area contributed by atoms with Gasteiger partial charge in [0.15, 0.2) is 0 Å². The second-order valence-corrected chi connectivity index (χ2v) is 21.5. The summed E-state index contributed by atoms with van der Waals surface area (Å²) in [4.78, 5) is 0. The molecule has 0 rings (SSSR count). The van der Waals surface area contributed by atoms with Gasteiger partial charge in [-0.15, -0.1) is 0 Å². The molecule has 0 N–H and O–H groups in total. The van der Waals surface area contributed by atoms with Crippen molar-refractivity contribution < 1.29 is 0 Å². The summed E-state index contributed by atoms with van der Waals surface area (Å²) in [6.07, 6.45) is 62.9. The molecule has 0 heterocycles. The van der Waals surface area contributed by atoms with Crippen LogP contribution in [0.4, 0.5) is 0 Å². The van der Waals surface area contributed by atoms with E-state index in [9.17, 15) is 0 Å². The molecule has 0 spiro atoms. The van der Waals surface area contributed by atoms with Gasteiger partial charge in [-0.05, 0) is 38.0 Å². The first-order chi connectivity index (χ1) is 24.2. The van der Waals surface area contributed by atoms with E-state index in [0.717, 1.165) is 5.92 Å². The van der Waals surface area contributed by atoms with E-state index in [4.69, 9.17) is 0 Å². The summed E-state index contributed by atoms with van der Waals surface area (Å²) >= 11 is 0. The molecule has 296 valence electrons. The van der Waals surface area contributed by atoms with Crippen LogP contribution < -0.4 is 0 Å². The van der Waals surface area contributed by atoms with Gasteiger partial charge in [0.25, 0.3) is 0 Å². The molecule has 1 atom stereocenters. The van der Waals surface area contributed by atoms with E-state index in [0.29, 0.717) is 0 Å². The Morgan fingerprint density at radius 2 is 0.449 bits per heavy atom. The zero-order valence-corrected chi connectivity index (χ0v) is 36.6. The van der Waals surface area contributed by atoms with Crippen molar-refractivity contribution >= 4 is 7.26 Å². The SMILES string of the molecule is CCCCCCCCCCCCCCCCCCC(CCCCCCCCCCCCCCCC)C[P+](CCCC)(CCCC)CCCC. The second kappa shape index (κ2) is 41.2. The van der Waals surface area contributed by atoms with Crippen molar-refractivity contribution in [3.63, 3.8) is 0 Å². The fourth-order valence-corrected chi connectivity index (χ4v) is 14.2. The zero-order valence-electron chi connectivity index (χ0n) is 35.7. The molecule has 0 bridgehead atoms. The maximum Gasteiger partial charge on any atom is 0.0622 e. The molecule has 0 aromatic rings. The van der Waals surface area contributed by atoms with Gasteiger partial charge >= 0.3 is 0 Å². The van der Waals surface area contributed by atoms with E-state index in [2.05, 4.69) is 34.6 Å². The molecule has 0 aliphatic carbocycles. The van der Waals surface area contributed by atoms with Gasteiger partial charge in [0.05, 0.1) is 24.6 Å². The normalized spacial score (nSPS) is 12.7. The standard InChI is InChI=1S/C48H100P/c1-6-11-16-18-20-22-24-26-28-29-31-33-35-37-39-41-43-48(47-49(44-13-8-3,45-14-9-4)46-15-10-5)42-40-38-36-34-32-30-27-25-23-21-19-17-12-7-2/h48H,6-47H2,1-5H3/q+1. The quantitative estimate of drug-likeness (QED) is 0.0437. The first-order valence-corrected chi connectivity index (χ1v) is 26.6. The lowest BCUT2D eigenvalue weighted by molar-refractivity contribution is 0.431. The average molecular weight is 708 g/mol. The smallest absolute Gasteiger partial charge is 0.0622 e. The van der Waals surface area contributed by atoms with Crippen molar-refractivity contribution in [3.05, 3.63) is 0 Å². The van der Waals surface area contributed by atoms with Gasteiger partial charge in [-0.3, -0.25) is 0 Å². The lowest BCUT2D eigenvalue weighted by Crippen LogP contribution is -2.19. The van der Waals surface area contributed by atoms with Gasteiger partial charge in [-0.25, -0.2) is 0 Å². The van der Waals surface area contributed by atoms with E-state index in [-0.39, 0.29) is 0 Å². The highest BCUT2D eigenvalue weighted by atomic mass is 31.2. The van der Waals surface area contributed by atoms with Crippen LogP contribution in [0.2, 0.25) is 0 Å². The molecular weight excluding hydrogens is 608 g/mol. The Bertz CT molecular complexity index is 562. The molecule has 1 unspecified atom stereocenters. The first-order valence-electron chi connectivity index (χ1n) is 24.0. The fourth-order valence-electron chi connectivity index (χ4n) is 8.57. The molecule has 0 fully saturated rings. The maximum atomic E-state index is 2.44. The summed E-state index contributed by atoms with van der Waals surface area (Å²) in [7, 11) is -0.781. The number of hydrogen-bond donors (Lipinski definition) is 0. The molecule has 0 aromatic carbocycles. The van der Waals surface area contributed by atoms with Crippen LogP contribution in [0.15, 0.2) is 0 Å². The molecule has 0 saturated carbocycles. The minimum absolute atomic E-state index is 0.781. The topological polar surface area (TPSA) is 0 Å². The summed E-state index contributed by atoms with van der Waals surface area (Å²) in [6, 6.07) is 0. The minimum atomic E-state index is -0.781. The molecule has 1 heteroatoms. The van der Waals surface area contributed by atoms with Crippen molar-refractivity contribution in [1.82, 2.24) is 0 Å². The van der Waals surface area contributed by atoms with Gasteiger partial charge in [0.2, 0.25) is 0 Å². The molecule has 49 heavy (non-hydrogen) atoms. The Labute approximate surface area is 315 Å². The lowest BCUT2D eigenvalue weighted by Gasteiger charge is -2.32. The third-order valence-electron chi connectivity index (χ3n) is 12.0. The lowest BCUT2D eigenvalue weighted by atomic mass is 9.95. The second-order valence-electron chi connectivity index (χ2n) is 17.1. The van der Waals surface area contributed by atoms with E-state index in [1.165, 1.54) is 231 Å². The summed E-state index contributed by atoms with van der Waals surface area (Å²) < 4.78 is 0. The Hall–Kier alpha value is 0.430. The molecule has 0 aliphatic heterocycles. The first kappa shape index (κ1) is 49.4. The summed E-state index contributed by atoms with van der Waals surface area (Å²) in [5.41, 5.74) is 0. The molecule has 0 amide bonds. The highest BCUT2D eigenvalue weighted by Gasteiger charge is 2.37. The molecule has 0 nitrogen and oxygen atoms in total. The van der Waals surface area contributed by atoms with Crippen molar-refractivity contribution in [2.45, 2.75) is 279 Å². The van der Waals surface area contributed by atoms with Gasteiger partial charge < -0.3 is 0 Å². The number of unbranched alkanes of at least 4 members (excludes halogenated alkanes) is 31. The maximum absolute atomic E-state index is 2.44. The van der Waals surface area contributed by atoms with Crippen molar-refractivity contribution in [2.75, 3.05) is 24.6 Å². The van der Waals surface area contributed by atoms with Crippen molar-refractivity contribution in [3.8, 4) is 0 Å². The van der Waals surface area contributed by atoms with E-state index in [1.54, 1.807) is 37.5 Å². The summed E-state index contributed by atoms with van der Waals surface area (Å²) in [6.45, 7) is 12.0. The van der Waals surface area contributed by atoms with Crippen LogP contribution in [-0.2, 0) is 0 Å². The highest BCUT2D eigenvalue weighted by Crippen LogP contribution is 2.62. The van der Waals surface area contributed by atoms with Crippen LogP contribution >= 0.6 is 7.26 Å². The monoisotopic (exact) mass is 708 g/mol. The van der Waals surface area contributed by atoms with E-state index >= 15 is 0 Å². The predicted molar refractivity (Wildman–Crippen MR) is 234 cm³/mol. The largest absolute Gasteiger partial charge is 0.0654 e. The van der Waals surface area contributed by atoms with E-state index < -0.39 is 7.26 Å². The third kappa shape index (κ3) is 35.2. The molecular formula is C48H100P+. The third-order valence-corrected chi connectivity index (χ3v) is 17.1. The number of rotatable bonds is 43. The van der Waals surface area contributed by atoms with Gasteiger partial charge in [-0.1, -0.05) is 247 Å². The van der Waals surface area contributed by atoms with Crippen LogP contribution in [-0.4, -0.2) is 24.6 Å². The summed E-state index contributed by atoms with van der Waals surface area (Å²) in [5, 5.41) is 0. The summed E-state index contributed by atoms with van der Waals surface area (Å²) in [5.74, 6) is 1.04. The van der Waals surface area contributed by atoms with Crippen LogP contribution in [0.25, 0.3) is 0 Å². The molecule has 0 radical (unpaired) electrons. The average Bonchev–Trinajstić information content (AvgIpc) is 3.11.